The van der Waals surface area contributed by atoms with Crippen LogP contribution in [0.4, 0.5) is 0 Å². The van der Waals surface area contributed by atoms with Gasteiger partial charge in [0.05, 0.1) is 23.5 Å². The van der Waals surface area contributed by atoms with Crippen molar-refractivity contribution in [1.82, 2.24) is 20.1 Å². The van der Waals surface area contributed by atoms with Gasteiger partial charge in [0, 0.05) is 23.5 Å². The third-order valence-electron chi connectivity index (χ3n) is 4.19. The molecule has 6 nitrogen and oxygen atoms in total. The number of hydrogen-bond acceptors (Lipinski definition) is 3. The SMILES string of the molecule is Cc1ccc(-n2ncc(C(C)NC(=O)c3ccc(=O)[nH]c3)c2C)cc1. The first-order valence-electron chi connectivity index (χ1n) is 8.07. The molecular weight excluding hydrogens is 316 g/mol. The zero-order valence-electron chi connectivity index (χ0n) is 14.4. The average molecular weight is 336 g/mol. The molecule has 1 atom stereocenters. The van der Waals surface area contributed by atoms with Crippen LogP contribution in [0.3, 0.4) is 0 Å². The van der Waals surface area contributed by atoms with Crippen molar-refractivity contribution < 1.29 is 4.79 Å². The maximum absolute atomic E-state index is 12.3. The van der Waals surface area contributed by atoms with Gasteiger partial charge in [0.15, 0.2) is 0 Å². The number of rotatable bonds is 4. The first-order chi connectivity index (χ1) is 12.0. The highest BCUT2D eigenvalue weighted by molar-refractivity contribution is 5.94. The van der Waals surface area contributed by atoms with Crippen LogP contribution < -0.4 is 10.9 Å². The monoisotopic (exact) mass is 336 g/mol. The number of pyridine rings is 1. The number of carbonyl (C=O) groups excluding carboxylic acids is 1. The Morgan fingerprint density at radius 1 is 1.16 bits per heavy atom. The Kier molecular flexibility index (Phi) is 4.52. The summed E-state index contributed by atoms with van der Waals surface area (Å²) in [6.45, 7) is 5.93. The topological polar surface area (TPSA) is 79.8 Å². The molecule has 0 bridgehead atoms. The van der Waals surface area contributed by atoms with Gasteiger partial charge in [-0.1, -0.05) is 17.7 Å². The fourth-order valence-corrected chi connectivity index (χ4v) is 2.70. The van der Waals surface area contributed by atoms with Gasteiger partial charge in [0.1, 0.15) is 0 Å². The van der Waals surface area contributed by atoms with Gasteiger partial charge in [-0.15, -0.1) is 0 Å². The Balaban J connectivity index is 1.80. The highest BCUT2D eigenvalue weighted by Crippen LogP contribution is 2.20. The van der Waals surface area contributed by atoms with Gasteiger partial charge >= 0.3 is 0 Å². The van der Waals surface area contributed by atoms with Crippen LogP contribution in [0.15, 0.2) is 53.6 Å². The molecule has 0 saturated carbocycles. The molecule has 25 heavy (non-hydrogen) atoms. The first-order valence-corrected chi connectivity index (χ1v) is 8.07. The summed E-state index contributed by atoms with van der Waals surface area (Å²) in [6, 6.07) is 10.7. The molecule has 128 valence electrons. The number of H-pyrrole nitrogens is 1. The lowest BCUT2D eigenvalue weighted by Gasteiger charge is -2.14. The summed E-state index contributed by atoms with van der Waals surface area (Å²) < 4.78 is 1.86. The second kappa shape index (κ2) is 6.76. The predicted molar refractivity (Wildman–Crippen MR) is 96.0 cm³/mol. The van der Waals surface area contributed by atoms with Crippen LogP contribution in [-0.2, 0) is 0 Å². The summed E-state index contributed by atoms with van der Waals surface area (Å²) >= 11 is 0. The molecule has 3 aromatic rings. The molecule has 2 aromatic heterocycles. The molecule has 3 rings (SSSR count). The number of amides is 1. The number of benzene rings is 1. The van der Waals surface area contributed by atoms with Crippen molar-refractivity contribution in [3.05, 3.63) is 81.5 Å². The molecule has 1 amide bonds. The minimum absolute atomic E-state index is 0.210. The molecule has 0 spiro atoms. The van der Waals surface area contributed by atoms with Crippen LogP contribution in [0.1, 0.15) is 40.1 Å². The second-order valence-electron chi connectivity index (χ2n) is 6.07. The van der Waals surface area contributed by atoms with Gasteiger partial charge in [-0.2, -0.15) is 5.10 Å². The highest BCUT2D eigenvalue weighted by atomic mass is 16.2. The Bertz CT molecular complexity index is 934. The molecule has 2 heterocycles. The van der Waals surface area contributed by atoms with E-state index in [1.165, 1.54) is 23.9 Å². The number of nitrogens with zero attached hydrogens (tertiary/aromatic N) is 2. The maximum Gasteiger partial charge on any atom is 0.253 e. The van der Waals surface area contributed by atoms with E-state index in [4.69, 9.17) is 0 Å². The van der Waals surface area contributed by atoms with Crippen molar-refractivity contribution in [2.24, 2.45) is 0 Å². The number of aryl methyl sites for hydroxylation is 1. The number of carbonyl (C=O) groups is 1. The van der Waals surface area contributed by atoms with Gasteiger partial charge in [0.25, 0.3) is 5.91 Å². The Morgan fingerprint density at radius 2 is 1.88 bits per heavy atom. The molecule has 0 aliphatic heterocycles. The van der Waals surface area contributed by atoms with Crippen molar-refractivity contribution >= 4 is 5.91 Å². The van der Waals surface area contributed by atoms with Gasteiger partial charge < -0.3 is 10.3 Å². The maximum atomic E-state index is 12.3. The number of hydrogen-bond donors (Lipinski definition) is 2. The Labute approximate surface area is 145 Å². The zero-order chi connectivity index (χ0) is 18.0. The number of aromatic nitrogens is 3. The molecule has 6 heteroatoms. The number of nitrogens with one attached hydrogen (secondary N) is 2. The molecular formula is C19H20N4O2. The van der Waals surface area contributed by atoms with E-state index in [2.05, 4.69) is 15.4 Å². The fraction of sp³-hybridized carbons (Fsp3) is 0.211. The van der Waals surface area contributed by atoms with Gasteiger partial charge in [-0.25, -0.2) is 4.68 Å². The zero-order valence-corrected chi connectivity index (χ0v) is 14.4. The molecule has 1 aromatic carbocycles. The highest BCUT2D eigenvalue weighted by Gasteiger charge is 2.17. The third-order valence-corrected chi connectivity index (χ3v) is 4.19. The quantitative estimate of drug-likeness (QED) is 0.769. The molecule has 0 aliphatic carbocycles. The van der Waals surface area contributed by atoms with Crippen LogP contribution in [0, 0.1) is 13.8 Å². The molecule has 0 aliphatic rings. The van der Waals surface area contributed by atoms with E-state index < -0.39 is 0 Å². The van der Waals surface area contributed by atoms with Crippen LogP contribution in [-0.4, -0.2) is 20.7 Å². The van der Waals surface area contributed by atoms with Gasteiger partial charge in [0.2, 0.25) is 5.56 Å². The molecule has 1 unspecified atom stereocenters. The van der Waals surface area contributed by atoms with E-state index in [9.17, 15) is 9.59 Å². The summed E-state index contributed by atoms with van der Waals surface area (Å²) in [4.78, 5) is 25.9. The van der Waals surface area contributed by atoms with Crippen molar-refractivity contribution in [3.63, 3.8) is 0 Å². The third kappa shape index (κ3) is 3.52. The van der Waals surface area contributed by atoms with E-state index in [0.29, 0.717) is 5.56 Å². The van der Waals surface area contributed by atoms with Crippen molar-refractivity contribution in [3.8, 4) is 5.69 Å². The molecule has 0 radical (unpaired) electrons. The Morgan fingerprint density at radius 3 is 2.52 bits per heavy atom. The summed E-state index contributed by atoms with van der Waals surface area (Å²) in [5, 5.41) is 7.38. The summed E-state index contributed by atoms with van der Waals surface area (Å²) in [5.74, 6) is -0.244. The minimum atomic E-state index is -0.244. The second-order valence-corrected chi connectivity index (χ2v) is 6.07. The van der Waals surface area contributed by atoms with E-state index in [1.54, 1.807) is 6.20 Å². The van der Waals surface area contributed by atoms with E-state index in [0.717, 1.165) is 16.9 Å². The lowest BCUT2D eigenvalue weighted by molar-refractivity contribution is 0.0939. The minimum Gasteiger partial charge on any atom is -0.345 e. The average Bonchev–Trinajstić information content (AvgIpc) is 2.98. The van der Waals surface area contributed by atoms with Crippen LogP contribution >= 0.6 is 0 Å². The van der Waals surface area contributed by atoms with Gasteiger partial charge in [-0.05, 0) is 39.0 Å². The van der Waals surface area contributed by atoms with Crippen molar-refractivity contribution in [2.45, 2.75) is 26.8 Å². The number of aromatic amines is 1. The molecule has 0 saturated heterocycles. The van der Waals surface area contributed by atoms with Crippen LogP contribution in [0.2, 0.25) is 0 Å². The lowest BCUT2D eigenvalue weighted by atomic mass is 10.1. The van der Waals surface area contributed by atoms with Crippen molar-refractivity contribution in [2.75, 3.05) is 0 Å². The van der Waals surface area contributed by atoms with E-state index in [-0.39, 0.29) is 17.5 Å². The summed E-state index contributed by atoms with van der Waals surface area (Å²) in [5.41, 5.74) is 4.26. The van der Waals surface area contributed by atoms with E-state index >= 15 is 0 Å². The van der Waals surface area contributed by atoms with Crippen LogP contribution in [0.25, 0.3) is 5.69 Å². The lowest BCUT2D eigenvalue weighted by Crippen LogP contribution is -2.27. The standard InChI is InChI=1S/C19H20N4O2/c1-12-4-7-16(8-5-12)23-14(3)17(11-21-23)13(2)22-19(25)15-6-9-18(24)20-10-15/h4-11,13H,1-3H3,(H,20,24)(H,22,25). The summed E-state index contributed by atoms with van der Waals surface area (Å²) in [7, 11) is 0. The van der Waals surface area contributed by atoms with Crippen molar-refractivity contribution in [1.29, 1.82) is 0 Å². The van der Waals surface area contributed by atoms with Crippen LogP contribution in [0.5, 0.6) is 0 Å². The predicted octanol–water partition coefficient (Wildman–Crippen LogP) is 2.67. The first kappa shape index (κ1) is 16.7. The van der Waals surface area contributed by atoms with Gasteiger partial charge in [-0.3, -0.25) is 9.59 Å². The smallest absolute Gasteiger partial charge is 0.253 e. The summed E-state index contributed by atoms with van der Waals surface area (Å²) in [6.07, 6.45) is 3.18. The molecule has 2 N–H and O–H groups in total. The molecule has 0 fully saturated rings. The Hall–Kier alpha value is -3.15. The normalized spacial score (nSPS) is 12.0. The van der Waals surface area contributed by atoms with E-state index in [1.807, 2.05) is 49.7 Å². The largest absolute Gasteiger partial charge is 0.345 e. The fourth-order valence-electron chi connectivity index (χ4n) is 2.70.